The normalized spacial score (nSPS) is 12.7. The summed E-state index contributed by atoms with van der Waals surface area (Å²) in [6.07, 6.45) is 6.36. The molecule has 1 N–H and O–H groups in total. The molecule has 3 heteroatoms. The Morgan fingerprint density at radius 1 is 1.20 bits per heavy atom. The van der Waals surface area contributed by atoms with Gasteiger partial charge in [-0.3, -0.25) is 4.98 Å². The lowest BCUT2D eigenvalue weighted by molar-refractivity contribution is 0.456. The number of rotatable bonds is 5. The minimum absolute atomic E-state index is 0.384. The fourth-order valence-electron chi connectivity index (χ4n) is 2.34. The predicted molar refractivity (Wildman–Crippen MR) is 80.5 cm³/mol. The Morgan fingerprint density at radius 2 is 2.15 bits per heavy atom. The number of benzene rings is 1. The quantitative estimate of drug-likeness (QED) is 0.767. The molecule has 3 nitrogen and oxygen atoms in total. The standard InChI is InChI=1S/C17H18N2O/c1-13(9-17-3-2-8-20-17)19-11-14-4-5-16-12-18-7-6-15(16)10-14/h2-8,10,12-13,19H,9,11H2,1H3. The number of pyridine rings is 1. The van der Waals surface area contributed by atoms with Crippen LogP contribution in [0.5, 0.6) is 0 Å². The summed E-state index contributed by atoms with van der Waals surface area (Å²) in [7, 11) is 0. The van der Waals surface area contributed by atoms with Crippen molar-refractivity contribution >= 4 is 10.8 Å². The Kier molecular flexibility index (Phi) is 3.79. The van der Waals surface area contributed by atoms with Crippen LogP contribution in [0.15, 0.2) is 59.5 Å². The smallest absolute Gasteiger partial charge is 0.105 e. The van der Waals surface area contributed by atoms with Crippen LogP contribution in [0.2, 0.25) is 0 Å². The second-order valence-electron chi connectivity index (χ2n) is 5.12. The lowest BCUT2D eigenvalue weighted by Crippen LogP contribution is -2.27. The zero-order chi connectivity index (χ0) is 13.8. The van der Waals surface area contributed by atoms with E-state index in [-0.39, 0.29) is 0 Å². The van der Waals surface area contributed by atoms with Crippen LogP contribution < -0.4 is 5.32 Å². The summed E-state index contributed by atoms with van der Waals surface area (Å²) >= 11 is 0. The van der Waals surface area contributed by atoms with Gasteiger partial charge in [0.25, 0.3) is 0 Å². The Bertz CT molecular complexity index is 676. The molecule has 102 valence electrons. The second kappa shape index (κ2) is 5.88. The molecule has 0 radical (unpaired) electrons. The molecule has 0 aliphatic carbocycles. The number of hydrogen-bond donors (Lipinski definition) is 1. The molecule has 20 heavy (non-hydrogen) atoms. The first-order chi connectivity index (χ1) is 9.81. The van der Waals surface area contributed by atoms with Crippen molar-refractivity contribution in [1.29, 1.82) is 0 Å². The maximum absolute atomic E-state index is 5.37. The van der Waals surface area contributed by atoms with Crippen molar-refractivity contribution in [3.63, 3.8) is 0 Å². The number of aromatic nitrogens is 1. The van der Waals surface area contributed by atoms with Crippen LogP contribution in [0.4, 0.5) is 0 Å². The molecule has 2 aromatic heterocycles. The van der Waals surface area contributed by atoms with Gasteiger partial charge < -0.3 is 9.73 Å². The van der Waals surface area contributed by atoms with Crippen LogP contribution in [0.25, 0.3) is 10.8 Å². The van der Waals surface area contributed by atoms with Gasteiger partial charge in [0.2, 0.25) is 0 Å². The van der Waals surface area contributed by atoms with Crippen molar-refractivity contribution in [1.82, 2.24) is 10.3 Å². The molecular formula is C17H18N2O. The van der Waals surface area contributed by atoms with Crippen LogP contribution in [-0.2, 0) is 13.0 Å². The van der Waals surface area contributed by atoms with Crippen LogP contribution in [-0.4, -0.2) is 11.0 Å². The Morgan fingerprint density at radius 3 is 3.00 bits per heavy atom. The third-order valence-electron chi connectivity index (χ3n) is 3.45. The van der Waals surface area contributed by atoms with Crippen LogP contribution in [0, 0.1) is 0 Å². The Balaban J connectivity index is 1.61. The molecule has 0 bridgehead atoms. The summed E-state index contributed by atoms with van der Waals surface area (Å²) in [5.41, 5.74) is 1.29. The Hall–Kier alpha value is -2.13. The molecule has 0 spiro atoms. The summed E-state index contributed by atoms with van der Waals surface area (Å²) in [5, 5.41) is 5.94. The number of hydrogen-bond acceptors (Lipinski definition) is 3. The highest BCUT2D eigenvalue weighted by Gasteiger charge is 2.05. The lowest BCUT2D eigenvalue weighted by atomic mass is 10.1. The van der Waals surface area contributed by atoms with E-state index in [1.54, 1.807) is 6.26 Å². The highest BCUT2D eigenvalue weighted by molar-refractivity contribution is 5.81. The van der Waals surface area contributed by atoms with E-state index in [4.69, 9.17) is 4.42 Å². The summed E-state index contributed by atoms with van der Waals surface area (Å²) in [6.45, 7) is 3.04. The van der Waals surface area contributed by atoms with Crippen molar-refractivity contribution in [2.24, 2.45) is 0 Å². The van der Waals surface area contributed by atoms with Crippen molar-refractivity contribution in [3.05, 3.63) is 66.4 Å². The van der Waals surface area contributed by atoms with Crippen molar-refractivity contribution in [3.8, 4) is 0 Å². The van der Waals surface area contributed by atoms with Crippen LogP contribution in [0.3, 0.4) is 0 Å². The third kappa shape index (κ3) is 3.06. The maximum atomic E-state index is 5.37. The summed E-state index contributed by atoms with van der Waals surface area (Å²) in [4.78, 5) is 4.13. The molecule has 1 unspecified atom stereocenters. The highest BCUT2D eigenvalue weighted by Crippen LogP contribution is 2.14. The van der Waals surface area contributed by atoms with E-state index in [0.717, 1.165) is 18.7 Å². The van der Waals surface area contributed by atoms with Crippen molar-refractivity contribution in [2.45, 2.75) is 25.9 Å². The van der Waals surface area contributed by atoms with Gasteiger partial charge in [-0.2, -0.15) is 0 Å². The largest absolute Gasteiger partial charge is 0.469 e. The maximum Gasteiger partial charge on any atom is 0.105 e. The summed E-state index contributed by atoms with van der Waals surface area (Å²) in [5.74, 6) is 1.02. The topological polar surface area (TPSA) is 38.1 Å². The summed E-state index contributed by atoms with van der Waals surface area (Å²) in [6, 6.07) is 12.9. The zero-order valence-electron chi connectivity index (χ0n) is 11.5. The van der Waals surface area contributed by atoms with E-state index in [1.165, 1.54) is 16.3 Å². The highest BCUT2D eigenvalue weighted by atomic mass is 16.3. The minimum Gasteiger partial charge on any atom is -0.469 e. The van der Waals surface area contributed by atoms with Crippen LogP contribution in [0.1, 0.15) is 18.2 Å². The molecule has 1 atom stereocenters. The predicted octanol–water partition coefficient (Wildman–Crippen LogP) is 3.55. The Labute approximate surface area is 118 Å². The van der Waals surface area contributed by atoms with Crippen molar-refractivity contribution in [2.75, 3.05) is 0 Å². The number of nitrogens with zero attached hydrogens (tertiary/aromatic N) is 1. The van der Waals surface area contributed by atoms with E-state index in [9.17, 15) is 0 Å². The second-order valence-corrected chi connectivity index (χ2v) is 5.12. The summed E-state index contributed by atoms with van der Waals surface area (Å²) < 4.78 is 5.37. The van der Waals surface area contributed by atoms with Crippen LogP contribution >= 0.6 is 0 Å². The third-order valence-corrected chi connectivity index (χ3v) is 3.45. The molecule has 0 aliphatic heterocycles. The minimum atomic E-state index is 0.384. The molecule has 0 fully saturated rings. The van der Waals surface area contributed by atoms with Gasteiger partial charge >= 0.3 is 0 Å². The lowest BCUT2D eigenvalue weighted by Gasteiger charge is -2.12. The van der Waals surface area contributed by atoms with Gasteiger partial charge in [-0.15, -0.1) is 0 Å². The van der Waals surface area contributed by atoms with E-state index >= 15 is 0 Å². The molecular weight excluding hydrogens is 248 g/mol. The molecule has 0 saturated heterocycles. The molecule has 0 aliphatic rings. The molecule has 0 saturated carbocycles. The molecule has 0 amide bonds. The van der Waals surface area contributed by atoms with Gasteiger partial charge in [0.05, 0.1) is 6.26 Å². The van der Waals surface area contributed by atoms with Gasteiger partial charge in [0, 0.05) is 36.8 Å². The number of fused-ring (bicyclic) bond motifs is 1. The fourth-order valence-corrected chi connectivity index (χ4v) is 2.34. The molecule has 3 rings (SSSR count). The van der Waals surface area contributed by atoms with Gasteiger partial charge in [-0.25, -0.2) is 0 Å². The molecule has 3 aromatic rings. The van der Waals surface area contributed by atoms with E-state index in [2.05, 4.69) is 35.4 Å². The average molecular weight is 266 g/mol. The SMILES string of the molecule is CC(Cc1ccco1)NCc1ccc2cnccc2c1. The van der Waals surface area contributed by atoms with Crippen molar-refractivity contribution < 1.29 is 4.42 Å². The average Bonchev–Trinajstić information content (AvgIpc) is 2.98. The first kappa shape index (κ1) is 12.9. The zero-order valence-corrected chi connectivity index (χ0v) is 11.5. The van der Waals surface area contributed by atoms with Gasteiger partial charge in [-0.05, 0) is 42.1 Å². The molecule has 1 aromatic carbocycles. The fraction of sp³-hybridized carbons (Fsp3) is 0.235. The van der Waals surface area contributed by atoms with E-state index in [0.29, 0.717) is 6.04 Å². The number of furan rings is 1. The number of nitrogens with one attached hydrogen (secondary N) is 1. The monoisotopic (exact) mass is 266 g/mol. The van der Waals surface area contributed by atoms with E-state index < -0.39 is 0 Å². The van der Waals surface area contributed by atoms with E-state index in [1.807, 2.05) is 30.6 Å². The van der Waals surface area contributed by atoms with Gasteiger partial charge in [0.15, 0.2) is 0 Å². The van der Waals surface area contributed by atoms with Gasteiger partial charge in [-0.1, -0.05) is 12.1 Å². The van der Waals surface area contributed by atoms with Gasteiger partial charge in [0.1, 0.15) is 5.76 Å². The first-order valence-electron chi connectivity index (χ1n) is 6.90. The first-order valence-corrected chi connectivity index (χ1v) is 6.90. The molecule has 2 heterocycles.